The first-order valence-corrected chi connectivity index (χ1v) is 7.76. The molecule has 2 N–H and O–H groups in total. The molecule has 0 spiro atoms. The minimum atomic E-state index is -0.487. The van der Waals surface area contributed by atoms with Crippen LogP contribution in [-0.2, 0) is 0 Å². The fraction of sp³-hybridized carbons (Fsp3) is 0.353. The number of hydrogen-bond donors (Lipinski definition) is 2. The number of benzene rings is 1. The van der Waals surface area contributed by atoms with E-state index in [4.69, 9.17) is 0 Å². The number of amides is 1. The SMILES string of the molecule is Cc1cc(C(=O)Nc2ccccc2F)nc(NCCCN(C)C)n1. The lowest BCUT2D eigenvalue weighted by atomic mass is 10.2. The van der Waals surface area contributed by atoms with Gasteiger partial charge in [-0.3, -0.25) is 4.79 Å². The molecule has 0 aliphatic heterocycles. The van der Waals surface area contributed by atoms with Crippen LogP contribution in [-0.4, -0.2) is 48.0 Å². The monoisotopic (exact) mass is 331 g/mol. The first-order valence-electron chi connectivity index (χ1n) is 7.76. The molecule has 1 amide bonds. The summed E-state index contributed by atoms with van der Waals surface area (Å²) in [5.74, 6) is -0.562. The number of carbonyl (C=O) groups is 1. The lowest BCUT2D eigenvalue weighted by molar-refractivity contribution is 0.102. The van der Waals surface area contributed by atoms with Gasteiger partial charge in [0.25, 0.3) is 5.91 Å². The molecule has 1 aromatic heterocycles. The van der Waals surface area contributed by atoms with Crippen molar-refractivity contribution < 1.29 is 9.18 Å². The molecule has 0 saturated heterocycles. The molecule has 2 rings (SSSR count). The number of rotatable bonds is 7. The van der Waals surface area contributed by atoms with Crippen molar-refractivity contribution in [1.82, 2.24) is 14.9 Å². The maximum atomic E-state index is 13.6. The molecule has 1 aromatic carbocycles. The minimum Gasteiger partial charge on any atom is -0.354 e. The third kappa shape index (κ3) is 5.27. The summed E-state index contributed by atoms with van der Waals surface area (Å²) in [6, 6.07) is 7.58. The molecule has 0 fully saturated rings. The third-order valence-electron chi connectivity index (χ3n) is 3.27. The van der Waals surface area contributed by atoms with Crippen molar-refractivity contribution in [3.8, 4) is 0 Å². The summed E-state index contributed by atoms with van der Waals surface area (Å²) in [6.45, 7) is 3.43. The van der Waals surface area contributed by atoms with Crippen LogP contribution in [0.4, 0.5) is 16.0 Å². The van der Waals surface area contributed by atoms with E-state index in [9.17, 15) is 9.18 Å². The Morgan fingerprint density at radius 2 is 2.00 bits per heavy atom. The zero-order chi connectivity index (χ0) is 17.5. The van der Waals surface area contributed by atoms with Crippen LogP contribution in [0.25, 0.3) is 0 Å². The Balaban J connectivity index is 2.04. The maximum Gasteiger partial charge on any atom is 0.274 e. The number of halogens is 1. The van der Waals surface area contributed by atoms with E-state index in [-0.39, 0.29) is 11.4 Å². The van der Waals surface area contributed by atoms with Gasteiger partial charge in [-0.05, 0) is 52.2 Å². The first-order chi connectivity index (χ1) is 11.5. The van der Waals surface area contributed by atoms with Gasteiger partial charge in [0.05, 0.1) is 5.69 Å². The minimum absolute atomic E-state index is 0.124. The molecule has 0 aliphatic rings. The summed E-state index contributed by atoms with van der Waals surface area (Å²) in [5.41, 5.74) is 0.985. The topological polar surface area (TPSA) is 70.2 Å². The number of anilines is 2. The molecule has 0 saturated carbocycles. The van der Waals surface area contributed by atoms with Gasteiger partial charge in [-0.15, -0.1) is 0 Å². The molecule has 0 aliphatic carbocycles. The Bertz CT molecular complexity index is 705. The summed E-state index contributed by atoms with van der Waals surface area (Å²) in [4.78, 5) is 22.9. The summed E-state index contributed by atoms with van der Waals surface area (Å²) in [5, 5.41) is 5.63. The van der Waals surface area contributed by atoms with E-state index < -0.39 is 11.7 Å². The normalized spacial score (nSPS) is 10.7. The van der Waals surface area contributed by atoms with E-state index in [0.29, 0.717) is 18.2 Å². The van der Waals surface area contributed by atoms with E-state index in [0.717, 1.165) is 13.0 Å². The van der Waals surface area contributed by atoms with Gasteiger partial charge in [-0.25, -0.2) is 14.4 Å². The standard InChI is InChI=1S/C17H22FN5O/c1-12-11-15(16(24)21-14-8-5-4-7-13(14)18)22-17(20-12)19-9-6-10-23(2)3/h4-5,7-8,11H,6,9-10H2,1-3H3,(H,21,24)(H,19,20,22). The van der Waals surface area contributed by atoms with Gasteiger partial charge in [-0.1, -0.05) is 12.1 Å². The van der Waals surface area contributed by atoms with Crippen molar-refractivity contribution in [3.05, 3.63) is 47.5 Å². The number of aromatic nitrogens is 2. The average molecular weight is 331 g/mol. The Labute approximate surface area is 141 Å². The fourth-order valence-corrected chi connectivity index (χ4v) is 2.11. The average Bonchev–Trinajstić information content (AvgIpc) is 2.53. The summed E-state index contributed by atoms with van der Waals surface area (Å²) < 4.78 is 13.6. The molecule has 6 nitrogen and oxygen atoms in total. The lowest BCUT2D eigenvalue weighted by Gasteiger charge is -2.11. The largest absolute Gasteiger partial charge is 0.354 e. The fourth-order valence-electron chi connectivity index (χ4n) is 2.11. The molecule has 1 heterocycles. The van der Waals surface area contributed by atoms with Crippen LogP contribution in [0.3, 0.4) is 0 Å². The highest BCUT2D eigenvalue weighted by molar-refractivity contribution is 6.03. The van der Waals surface area contributed by atoms with Gasteiger partial charge in [0.1, 0.15) is 11.5 Å². The number of hydrogen-bond acceptors (Lipinski definition) is 5. The van der Waals surface area contributed by atoms with Crippen molar-refractivity contribution in [2.45, 2.75) is 13.3 Å². The summed E-state index contributed by atoms with van der Waals surface area (Å²) >= 11 is 0. The summed E-state index contributed by atoms with van der Waals surface area (Å²) in [7, 11) is 4.02. The zero-order valence-corrected chi connectivity index (χ0v) is 14.1. The Morgan fingerprint density at radius 1 is 1.25 bits per heavy atom. The van der Waals surface area contributed by atoms with Gasteiger partial charge in [0.15, 0.2) is 0 Å². The molecule has 0 atom stereocenters. The molecular formula is C17H22FN5O. The van der Waals surface area contributed by atoms with Gasteiger partial charge < -0.3 is 15.5 Å². The van der Waals surface area contributed by atoms with E-state index in [1.165, 1.54) is 12.1 Å². The maximum absolute atomic E-state index is 13.6. The number of carbonyl (C=O) groups excluding carboxylic acids is 1. The van der Waals surface area contributed by atoms with Gasteiger partial charge in [0, 0.05) is 12.2 Å². The van der Waals surface area contributed by atoms with Crippen LogP contribution >= 0.6 is 0 Å². The van der Waals surface area contributed by atoms with Crippen molar-refractivity contribution in [1.29, 1.82) is 0 Å². The second-order valence-electron chi connectivity index (χ2n) is 5.74. The van der Waals surface area contributed by atoms with E-state index in [2.05, 4.69) is 25.5 Å². The molecule has 2 aromatic rings. The highest BCUT2D eigenvalue weighted by atomic mass is 19.1. The predicted molar refractivity (Wildman–Crippen MR) is 92.8 cm³/mol. The molecule has 0 bridgehead atoms. The second-order valence-corrected chi connectivity index (χ2v) is 5.74. The van der Waals surface area contributed by atoms with Crippen LogP contribution in [0.5, 0.6) is 0 Å². The number of aryl methyl sites for hydroxylation is 1. The third-order valence-corrected chi connectivity index (χ3v) is 3.27. The van der Waals surface area contributed by atoms with E-state index >= 15 is 0 Å². The van der Waals surface area contributed by atoms with Crippen molar-refractivity contribution in [2.75, 3.05) is 37.8 Å². The number of nitrogens with zero attached hydrogens (tertiary/aromatic N) is 3. The zero-order valence-electron chi connectivity index (χ0n) is 14.1. The van der Waals surface area contributed by atoms with Gasteiger partial charge in [-0.2, -0.15) is 0 Å². The highest BCUT2D eigenvalue weighted by Crippen LogP contribution is 2.14. The second kappa shape index (κ2) is 8.35. The smallest absolute Gasteiger partial charge is 0.274 e. The van der Waals surface area contributed by atoms with E-state index in [1.807, 2.05) is 14.1 Å². The van der Waals surface area contributed by atoms with Crippen molar-refractivity contribution >= 4 is 17.5 Å². The van der Waals surface area contributed by atoms with Crippen LogP contribution in [0, 0.1) is 12.7 Å². The quantitative estimate of drug-likeness (QED) is 0.763. The van der Waals surface area contributed by atoms with Gasteiger partial charge in [0.2, 0.25) is 5.95 Å². The number of para-hydroxylation sites is 1. The van der Waals surface area contributed by atoms with Gasteiger partial charge >= 0.3 is 0 Å². The van der Waals surface area contributed by atoms with Crippen LogP contribution in [0.15, 0.2) is 30.3 Å². The van der Waals surface area contributed by atoms with Crippen LogP contribution < -0.4 is 10.6 Å². The van der Waals surface area contributed by atoms with Crippen molar-refractivity contribution in [2.24, 2.45) is 0 Å². The van der Waals surface area contributed by atoms with Crippen LogP contribution in [0.2, 0.25) is 0 Å². The first kappa shape index (κ1) is 17.8. The Kier molecular flexibility index (Phi) is 6.20. The van der Waals surface area contributed by atoms with Crippen molar-refractivity contribution in [3.63, 3.8) is 0 Å². The summed E-state index contributed by atoms with van der Waals surface area (Å²) in [6.07, 6.45) is 0.932. The highest BCUT2D eigenvalue weighted by Gasteiger charge is 2.12. The van der Waals surface area contributed by atoms with E-state index in [1.54, 1.807) is 25.1 Å². The molecule has 128 valence electrons. The Hall–Kier alpha value is -2.54. The Morgan fingerprint density at radius 3 is 2.71 bits per heavy atom. The molecule has 0 radical (unpaired) electrons. The van der Waals surface area contributed by atoms with Crippen LogP contribution in [0.1, 0.15) is 22.6 Å². The molecule has 24 heavy (non-hydrogen) atoms. The number of nitrogens with one attached hydrogen (secondary N) is 2. The molecule has 0 unspecified atom stereocenters. The predicted octanol–water partition coefficient (Wildman–Crippen LogP) is 2.54. The molecular weight excluding hydrogens is 309 g/mol. The molecule has 7 heteroatoms. The lowest BCUT2D eigenvalue weighted by Crippen LogP contribution is -2.19.